The first-order valence-electron chi connectivity index (χ1n) is 7.13. The summed E-state index contributed by atoms with van der Waals surface area (Å²) in [6.07, 6.45) is 0.212. The van der Waals surface area contributed by atoms with Crippen molar-refractivity contribution in [2.45, 2.75) is 26.0 Å². The van der Waals surface area contributed by atoms with Gasteiger partial charge in [0.1, 0.15) is 6.61 Å². The topological polar surface area (TPSA) is 62.1 Å². The van der Waals surface area contributed by atoms with Gasteiger partial charge in [0.05, 0.1) is 11.6 Å². The van der Waals surface area contributed by atoms with Crippen LogP contribution in [0.2, 0.25) is 0 Å². The van der Waals surface area contributed by atoms with Crippen LogP contribution in [0, 0.1) is 11.3 Å². The van der Waals surface area contributed by atoms with Crippen molar-refractivity contribution in [2.24, 2.45) is 0 Å². The van der Waals surface area contributed by atoms with Crippen LogP contribution in [0.1, 0.15) is 23.6 Å². The Bertz CT molecular complexity index is 662. The first-order chi connectivity index (χ1) is 10.7. The van der Waals surface area contributed by atoms with Gasteiger partial charge in [-0.15, -0.1) is 0 Å². The Morgan fingerprint density at radius 2 is 1.91 bits per heavy atom. The van der Waals surface area contributed by atoms with Crippen LogP contribution >= 0.6 is 0 Å². The number of carbonyl (C=O) groups is 1. The van der Waals surface area contributed by atoms with Crippen LogP contribution in [-0.4, -0.2) is 12.1 Å². The Labute approximate surface area is 130 Å². The second kappa shape index (κ2) is 7.84. The third kappa shape index (κ3) is 4.95. The molecule has 2 rings (SSSR count). The molecule has 2 aromatic rings. The van der Waals surface area contributed by atoms with E-state index < -0.39 is 6.09 Å². The van der Waals surface area contributed by atoms with Crippen molar-refractivity contribution in [3.8, 4) is 6.07 Å². The number of nitrogens with zero attached hydrogens (tertiary/aromatic N) is 1. The summed E-state index contributed by atoms with van der Waals surface area (Å²) in [5.41, 5.74) is 2.58. The summed E-state index contributed by atoms with van der Waals surface area (Å²) in [6, 6.07) is 18.9. The van der Waals surface area contributed by atoms with Gasteiger partial charge in [-0.3, -0.25) is 0 Å². The molecule has 0 saturated carbocycles. The lowest BCUT2D eigenvalue weighted by molar-refractivity contribution is 0.136. The predicted molar refractivity (Wildman–Crippen MR) is 84.1 cm³/mol. The lowest BCUT2D eigenvalue weighted by Crippen LogP contribution is -2.34. The molecule has 0 radical (unpaired) electrons. The van der Waals surface area contributed by atoms with E-state index in [1.54, 1.807) is 6.07 Å². The van der Waals surface area contributed by atoms with Gasteiger partial charge in [0.2, 0.25) is 0 Å². The summed E-state index contributed by atoms with van der Waals surface area (Å²) in [5.74, 6) is 0. The fourth-order valence-corrected chi connectivity index (χ4v) is 2.14. The fraction of sp³-hybridized carbons (Fsp3) is 0.222. The summed E-state index contributed by atoms with van der Waals surface area (Å²) >= 11 is 0. The number of hydrogen-bond donors (Lipinski definition) is 1. The van der Waals surface area contributed by atoms with Gasteiger partial charge in [0.15, 0.2) is 0 Å². The molecule has 22 heavy (non-hydrogen) atoms. The Kier molecular flexibility index (Phi) is 5.56. The molecule has 1 amide bonds. The number of carbonyl (C=O) groups excluding carboxylic acids is 1. The number of benzene rings is 2. The molecule has 1 atom stereocenters. The van der Waals surface area contributed by atoms with Crippen LogP contribution in [0.4, 0.5) is 4.79 Å². The highest BCUT2D eigenvalue weighted by molar-refractivity contribution is 5.67. The molecule has 112 valence electrons. The first-order valence-corrected chi connectivity index (χ1v) is 7.13. The molecule has 1 N–H and O–H groups in total. The molecule has 0 aliphatic rings. The van der Waals surface area contributed by atoms with E-state index in [-0.39, 0.29) is 12.6 Å². The molecular formula is C18H18N2O2. The van der Waals surface area contributed by atoms with E-state index in [0.717, 1.165) is 11.1 Å². The number of hydrogen-bond acceptors (Lipinski definition) is 3. The zero-order valence-corrected chi connectivity index (χ0v) is 12.5. The lowest BCUT2D eigenvalue weighted by Gasteiger charge is -2.14. The molecule has 0 fully saturated rings. The molecule has 2 aromatic carbocycles. The highest BCUT2D eigenvalue weighted by Crippen LogP contribution is 2.07. The van der Waals surface area contributed by atoms with E-state index >= 15 is 0 Å². The number of amides is 1. The summed E-state index contributed by atoms with van der Waals surface area (Å²) < 4.78 is 5.18. The highest BCUT2D eigenvalue weighted by Gasteiger charge is 2.09. The minimum absolute atomic E-state index is 0.0720. The maximum Gasteiger partial charge on any atom is 0.407 e. The Morgan fingerprint density at radius 1 is 1.18 bits per heavy atom. The number of ether oxygens (including phenoxy) is 1. The van der Waals surface area contributed by atoms with Crippen molar-refractivity contribution < 1.29 is 9.53 Å². The van der Waals surface area contributed by atoms with Gasteiger partial charge in [0, 0.05) is 6.04 Å². The fourth-order valence-electron chi connectivity index (χ4n) is 2.14. The predicted octanol–water partition coefficient (Wildman–Crippen LogP) is 3.42. The standard InChI is InChI=1S/C18H18N2O2/c1-14(10-16-8-5-9-17(11-16)12-19)20-18(21)22-13-15-6-3-2-4-7-15/h2-9,11,14H,10,13H2,1H3,(H,20,21)/t14-/m0/s1. The molecule has 4 heteroatoms. The molecule has 0 heterocycles. The van der Waals surface area contributed by atoms with Crippen LogP contribution in [-0.2, 0) is 17.8 Å². The molecule has 0 saturated heterocycles. The van der Waals surface area contributed by atoms with Crippen LogP contribution in [0.3, 0.4) is 0 Å². The van der Waals surface area contributed by atoms with Gasteiger partial charge in [0.25, 0.3) is 0 Å². The molecule has 0 aliphatic carbocycles. The largest absolute Gasteiger partial charge is 0.445 e. The molecule has 0 aromatic heterocycles. The molecule has 0 aliphatic heterocycles. The number of alkyl carbamates (subject to hydrolysis) is 1. The Balaban J connectivity index is 1.80. The second-order valence-electron chi connectivity index (χ2n) is 5.12. The minimum Gasteiger partial charge on any atom is -0.445 e. The van der Waals surface area contributed by atoms with Crippen LogP contribution in [0.15, 0.2) is 54.6 Å². The SMILES string of the molecule is C[C@@H](Cc1cccc(C#N)c1)NC(=O)OCc1ccccc1. The van der Waals surface area contributed by atoms with E-state index in [0.29, 0.717) is 12.0 Å². The molecular weight excluding hydrogens is 276 g/mol. The maximum atomic E-state index is 11.8. The van der Waals surface area contributed by atoms with Gasteiger partial charge in [-0.2, -0.15) is 5.26 Å². The van der Waals surface area contributed by atoms with E-state index in [1.165, 1.54) is 0 Å². The van der Waals surface area contributed by atoms with Crippen LogP contribution < -0.4 is 5.32 Å². The summed E-state index contributed by atoms with van der Waals surface area (Å²) in [5, 5.41) is 11.7. The highest BCUT2D eigenvalue weighted by atomic mass is 16.5. The minimum atomic E-state index is -0.437. The smallest absolute Gasteiger partial charge is 0.407 e. The normalized spacial score (nSPS) is 11.3. The van der Waals surface area contributed by atoms with Crippen molar-refractivity contribution in [2.75, 3.05) is 0 Å². The number of nitrogens with one attached hydrogen (secondary N) is 1. The summed E-state index contributed by atoms with van der Waals surface area (Å²) in [6.45, 7) is 2.16. The van der Waals surface area contributed by atoms with E-state index in [9.17, 15) is 4.79 Å². The Morgan fingerprint density at radius 3 is 2.64 bits per heavy atom. The van der Waals surface area contributed by atoms with Crippen molar-refractivity contribution in [3.05, 3.63) is 71.3 Å². The van der Waals surface area contributed by atoms with Crippen molar-refractivity contribution in [1.29, 1.82) is 5.26 Å². The third-order valence-corrected chi connectivity index (χ3v) is 3.17. The average molecular weight is 294 g/mol. The first kappa shape index (κ1) is 15.6. The van der Waals surface area contributed by atoms with Crippen LogP contribution in [0.25, 0.3) is 0 Å². The van der Waals surface area contributed by atoms with Crippen molar-refractivity contribution in [3.63, 3.8) is 0 Å². The third-order valence-electron chi connectivity index (χ3n) is 3.17. The second-order valence-corrected chi connectivity index (χ2v) is 5.12. The summed E-state index contributed by atoms with van der Waals surface area (Å²) in [4.78, 5) is 11.8. The number of nitriles is 1. The van der Waals surface area contributed by atoms with Crippen molar-refractivity contribution >= 4 is 6.09 Å². The van der Waals surface area contributed by atoms with Crippen LogP contribution in [0.5, 0.6) is 0 Å². The molecule has 0 unspecified atom stereocenters. The maximum absolute atomic E-state index is 11.8. The zero-order chi connectivity index (χ0) is 15.8. The van der Waals surface area contributed by atoms with Gasteiger partial charge in [-0.25, -0.2) is 4.79 Å². The van der Waals surface area contributed by atoms with E-state index in [2.05, 4.69) is 11.4 Å². The molecule has 0 spiro atoms. The molecule has 4 nitrogen and oxygen atoms in total. The monoisotopic (exact) mass is 294 g/mol. The average Bonchev–Trinajstić information content (AvgIpc) is 2.54. The van der Waals surface area contributed by atoms with E-state index in [4.69, 9.17) is 10.00 Å². The number of rotatable bonds is 5. The quantitative estimate of drug-likeness (QED) is 0.919. The van der Waals surface area contributed by atoms with Gasteiger partial charge >= 0.3 is 6.09 Å². The van der Waals surface area contributed by atoms with Gasteiger partial charge < -0.3 is 10.1 Å². The van der Waals surface area contributed by atoms with Gasteiger partial charge in [-0.1, -0.05) is 42.5 Å². The van der Waals surface area contributed by atoms with Crippen molar-refractivity contribution in [1.82, 2.24) is 5.32 Å². The van der Waals surface area contributed by atoms with Gasteiger partial charge in [-0.05, 0) is 36.6 Å². The summed E-state index contributed by atoms with van der Waals surface area (Å²) in [7, 11) is 0. The lowest BCUT2D eigenvalue weighted by atomic mass is 10.1. The Hall–Kier alpha value is -2.80. The van der Waals surface area contributed by atoms with E-state index in [1.807, 2.05) is 55.5 Å². The molecule has 0 bridgehead atoms. The zero-order valence-electron chi connectivity index (χ0n) is 12.5.